The van der Waals surface area contributed by atoms with Crippen molar-refractivity contribution in [2.45, 2.75) is 51.9 Å². The first-order valence-electron chi connectivity index (χ1n) is 10.5. The molecule has 1 N–H and O–H groups in total. The van der Waals surface area contributed by atoms with E-state index >= 15 is 0 Å². The van der Waals surface area contributed by atoms with Crippen LogP contribution in [-0.2, 0) is 22.6 Å². The molecule has 0 bridgehead atoms. The normalized spacial score (nSPS) is 15.9. The first-order chi connectivity index (χ1) is 14.5. The smallest absolute Gasteiger partial charge is 0.318 e. The molecule has 0 aliphatic carbocycles. The fourth-order valence-electron chi connectivity index (χ4n) is 3.49. The van der Waals surface area contributed by atoms with E-state index in [1.165, 1.54) is 0 Å². The average molecular weight is 414 g/mol. The topological polar surface area (TPSA) is 75.0 Å². The predicted octanol–water partition coefficient (Wildman–Crippen LogP) is 3.41. The number of urea groups is 1. The minimum absolute atomic E-state index is 0.00567. The van der Waals surface area contributed by atoms with Crippen molar-refractivity contribution < 1.29 is 18.7 Å². The molecule has 3 amide bonds. The van der Waals surface area contributed by atoms with Crippen molar-refractivity contribution in [2.24, 2.45) is 0 Å². The Morgan fingerprint density at radius 2 is 1.97 bits per heavy atom. The molecule has 0 saturated carbocycles. The number of carbonyl (C=O) groups is 2. The van der Waals surface area contributed by atoms with Crippen LogP contribution in [0.5, 0.6) is 0 Å². The average Bonchev–Trinajstić information content (AvgIpc) is 3.44. The van der Waals surface area contributed by atoms with Gasteiger partial charge in [-0.3, -0.25) is 4.79 Å². The summed E-state index contributed by atoms with van der Waals surface area (Å²) in [5, 5.41) is 2.92. The largest absolute Gasteiger partial charge is 0.467 e. The molecule has 0 radical (unpaired) electrons. The maximum Gasteiger partial charge on any atom is 0.318 e. The molecule has 7 nitrogen and oxygen atoms in total. The maximum absolute atomic E-state index is 13.2. The van der Waals surface area contributed by atoms with Gasteiger partial charge in [0.1, 0.15) is 12.3 Å². The van der Waals surface area contributed by atoms with Gasteiger partial charge in [0.25, 0.3) is 0 Å². The number of nitrogens with one attached hydrogen (secondary N) is 1. The van der Waals surface area contributed by atoms with Crippen LogP contribution in [-0.4, -0.2) is 53.6 Å². The third-order valence-corrected chi connectivity index (χ3v) is 5.20. The molecule has 30 heavy (non-hydrogen) atoms. The van der Waals surface area contributed by atoms with Crippen LogP contribution in [0, 0.1) is 0 Å². The summed E-state index contributed by atoms with van der Waals surface area (Å²) in [6.07, 6.45) is 3.57. The zero-order chi connectivity index (χ0) is 21.3. The van der Waals surface area contributed by atoms with Crippen LogP contribution in [0.15, 0.2) is 53.1 Å². The molecule has 2 aromatic rings. The van der Waals surface area contributed by atoms with Crippen LogP contribution in [0.3, 0.4) is 0 Å². The van der Waals surface area contributed by atoms with Crippen LogP contribution in [0.4, 0.5) is 4.79 Å². The number of carbonyl (C=O) groups excluding carboxylic acids is 2. The Balaban J connectivity index is 1.62. The fourth-order valence-corrected chi connectivity index (χ4v) is 3.49. The van der Waals surface area contributed by atoms with Gasteiger partial charge in [-0.15, -0.1) is 0 Å². The fraction of sp³-hybridized carbons (Fsp3) is 0.478. The van der Waals surface area contributed by atoms with Gasteiger partial charge in [0, 0.05) is 25.7 Å². The third kappa shape index (κ3) is 6.35. The van der Waals surface area contributed by atoms with Crippen LogP contribution < -0.4 is 5.32 Å². The minimum Gasteiger partial charge on any atom is -0.467 e. The second kappa shape index (κ2) is 10.8. The number of rotatable bonds is 9. The van der Waals surface area contributed by atoms with Gasteiger partial charge < -0.3 is 24.3 Å². The minimum atomic E-state index is -0.253. The SMILES string of the molecule is CC(C)N(CC(=O)N(Cc1ccco1)C[C@H]1CCCO1)C(=O)NCc1ccccc1. The zero-order valence-electron chi connectivity index (χ0n) is 17.8. The standard InChI is InChI=1S/C23H31N3O4/c1-18(2)26(23(28)24-14-19-8-4-3-5-9-19)17-22(27)25(15-20-10-6-12-29-20)16-21-11-7-13-30-21/h3-6,8-10,12,18,21H,7,11,13-17H2,1-2H3,(H,24,28)/t21-/m1/s1. The van der Waals surface area contributed by atoms with E-state index in [9.17, 15) is 9.59 Å². The predicted molar refractivity (Wildman–Crippen MR) is 114 cm³/mol. The second-order valence-corrected chi connectivity index (χ2v) is 7.85. The molecule has 0 unspecified atom stereocenters. The van der Waals surface area contributed by atoms with Crippen molar-refractivity contribution in [3.63, 3.8) is 0 Å². The Morgan fingerprint density at radius 3 is 2.60 bits per heavy atom. The number of ether oxygens (including phenoxy) is 1. The highest BCUT2D eigenvalue weighted by molar-refractivity contribution is 5.84. The Kier molecular flexibility index (Phi) is 7.90. The van der Waals surface area contributed by atoms with Crippen molar-refractivity contribution in [1.29, 1.82) is 0 Å². The first-order valence-corrected chi connectivity index (χ1v) is 10.5. The Hall–Kier alpha value is -2.80. The van der Waals surface area contributed by atoms with E-state index in [-0.39, 0.29) is 30.6 Å². The molecule has 1 aliphatic rings. The van der Waals surface area contributed by atoms with Gasteiger partial charge >= 0.3 is 6.03 Å². The van der Waals surface area contributed by atoms with E-state index in [4.69, 9.17) is 9.15 Å². The molecule has 1 aromatic carbocycles. The van der Waals surface area contributed by atoms with Crippen molar-refractivity contribution in [2.75, 3.05) is 19.7 Å². The Morgan fingerprint density at radius 1 is 1.17 bits per heavy atom. The van der Waals surface area contributed by atoms with Gasteiger partial charge in [-0.25, -0.2) is 4.79 Å². The van der Waals surface area contributed by atoms with Crippen molar-refractivity contribution in [3.8, 4) is 0 Å². The highest BCUT2D eigenvalue weighted by Gasteiger charge is 2.27. The van der Waals surface area contributed by atoms with E-state index in [0.717, 1.165) is 25.0 Å². The molecular formula is C23H31N3O4. The maximum atomic E-state index is 13.2. The van der Waals surface area contributed by atoms with Gasteiger partial charge in [0.05, 0.1) is 18.9 Å². The van der Waals surface area contributed by atoms with Crippen LogP contribution in [0.25, 0.3) is 0 Å². The van der Waals surface area contributed by atoms with E-state index in [1.54, 1.807) is 16.1 Å². The molecule has 3 rings (SSSR count). The summed E-state index contributed by atoms with van der Waals surface area (Å²) in [5.41, 5.74) is 1.01. The third-order valence-electron chi connectivity index (χ3n) is 5.20. The van der Waals surface area contributed by atoms with Crippen LogP contribution >= 0.6 is 0 Å². The molecule has 162 valence electrons. The molecule has 1 fully saturated rings. The number of benzene rings is 1. The molecule has 1 aliphatic heterocycles. The van der Waals surface area contributed by atoms with Gasteiger partial charge in [-0.1, -0.05) is 30.3 Å². The summed E-state index contributed by atoms with van der Waals surface area (Å²) in [7, 11) is 0. The lowest BCUT2D eigenvalue weighted by atomic mass is 10.2. The van der Waals surface area contributed by atoms with E-state index in [1.807, 2.05) is 56.3 Å². The number of hydrogen-bond donors (Lipinski definition) is 1. The highest BCUT2D eigenvalue weighted by Crippen LogP contribution is 2.16. The molecule has 2 heterocycles. The number of hydrogen-bond acceptors (Lipinski definition) is 4. The van der Waals surface area contributed by atoms with E-state index < -0.39 is 0 Å². The van der Waals surface area contributed by atoms with Crippen molar-refractivity contribution in [1.82, 2.24) is 15.1 Å². The second-order valence-electron chi connectivity index (χ2n) is 7.85. The van der Waals surface area contributed by atoms with Gasteiger partial charge in [-0.05, 0) is 44.4 Å². The molecule has 7 heteroatoms. The zero-order valence-corrected chi connectivity index (χ0v) is 17.8. The first kappa shape index (κ1) is 21.9. The summed E-state index contributed by atoms with van der Waals surface area (Å²) in [5.74, 6) is 0.594. The molecule has 1 atom stereocenters. The molecule has 1 saturated heterocycles. The number of furan rings is 1. The summed E-state index contributed by atoms with van der Waals surface area (Å²) in [6.45, 7) is 5.83. The summed E-state index contributed by atoms with van der Waals surface area (Å²) < 4.78 is 11.2. The number of amides is 3. The van der Waals surface area contributed by atoms with Crippen LogP contribution in [0.2, 0.25) is 0 Å². The van der Waals surface area contributed by atoms with Crippen molar-refractivity contribution in [3.05, 3.63) is 60.1 Å². The van der Waals surface area contributed by atoms with Gasteiger partial charge in [0.15, 0.2) is 0 Å². The quantitative estimate of drug-likeness (QED) is 0.684. The number of nitrogens with zero attached hydrogens (tertiary/aromatic N) is 2. The summed E-state index contributed by atoms with van der Waals surface area (Å²) in [6, 6.07) is 13.0. The highest BCUT2D eigenvalue weighted by atomic mass is 16.5. The van der Waals surface area contributed by atoms with Gasteiger partial charge in [-0.2, -0.15) is 0 Å². The van der Waals surface area contributed by atoms with Crippen LogP contribution in [0.1, 0.15) is 38.0 Å². The monoisotopic (exact) mass is 413 g/mol. The Labute approximate surface area is 178 Å². The molecule has 0 spiro atoms. The summed E-state index contributed by atoms with van der Waals surface area (Å²) >= 11 is 0. The van der Waals surface area contributed by atoms with E-state index in [0.29, 0.717) is 25.4 Å². The lowest BCUT2D eigenvalue weighted by molar-refractivity contribution is -0.134. The van der Waals surface area contributed by atoms with Crippen molar-refractivity contribution >= 4 is 11.9 Å². The molecular weight excluding hydrogens is 382 g/mol. The summed E-state index contributed by atoms with van der Waals surface area (Å²) in [4.78, 5) is 29.2. The lowest BCUT2D eigenvalue weighted by Gasteiger charge is -2.31. The van der Waals surface area contributed by atoms with E-state index in [2.05, 4.69) is 5.32 Å². The lowest BCUT2D eigenvalue weighted by Crippen LogP contribution is -2.50. The molecule has 1 aromatic heterocycles. The Bertz CT molecular complexity index is 786. The van der Waals surface area contributed by atoms with Gasteiger partial charge in [0.2, 0.25) is 5.91 Å².